The van der Waals surface area contributed by atoms with E-state index in [0.717, 1.165) is 31.7 Å². The second kappa shape index (κ2) is 8.67. The van der Waals surface area contributed by atoms with Crippen LogP contribution in [0.15, 0.2) is 17.5 Å². The second-order valence-corrected chi connectivity index (χ2v) is 6.76. The molecular formula is C14H21NO3S2. The van der Waals surface area contributed by atoms with E-state index in [1.165, 1.54) is 4.88 Å². The van der Waals surface area contributed by atoms with Crippen molar-refractivity contribution in [2.24, 2.45) is 0 Å². The van der Waals surface area contributed by atoms with Gasteiger partial charge >= 0.3 is 0 Å². The molecule has 1 amide bonds. The zero-order chi connectivity index (χ0) is 14.2. The summed E-state index contributed by atoms with van der Waals surface area (Å²) >= 11 is 3.42. The van der Waals surface area contributed by atoms with Crippen LogP contribution in [0.2, 0.25) is 0 Å². The first-order valence-electron chi connectivity index (χ1n) is 6.90. The predicted molar refractivity (Wildman–Crippen MR) is 83.1 cm³/mol. The van der Waals surface area contributed by atoms with E-state index < -0.39 is 0 Å². The summed E-state index contributed by atoms with van der Waals surface area (Å²) in [6.45, 7) is 2.01. The highest BCUT2D eigenvalue weighted by molar-refractivity contribution is 7.99. The minimum atomic E-state index is 0.0680. The van der Waals surface area contributed by atoms with Gasteiger partial charge in [-0.1, -0.05) is 6.07 Å². The lowest BCUT2D eigenvalue weighted by Gasteiger charge is -2.31. The Hall–Kier alpha value is -0.560. The Morgan fingerprint density at radius 3 is 2.95 bits per heavy atom. The molecule has 1 aliphatic rings. The molecule has 0 radical (unpaired) electrons. The van der Waals surface area contributed by atoms with Crippen molar-refractivity contribution in [3.05, 3.63) is 22.4 Å². The lowest BCUT2D eigenvalue weighted by atomic mass is 10.1. The third-order valence-corrected chi connectivity index (χ3v) is 5.31. The van der Waals surface area contributed by atoms with Gasteiger partial charge in [-0.05, 0) is 24.3 Å². The van der Waals surface area contributed by atoms with Gasteiger partial charge in [0.1, 0.15) is 0 Å². The first-order valence-corrected chi connectivity index (χ1v) is 8.93. The molecule has 112 valence electrons. The van der Waals surface area contributed by atoms with E-state index in [1.54, 1.807) is 23.1 Å². The topological polar surface area (TPSA) is 49.8 Å². The molecule has 2 rings (SSSR count). The van der Waals surface area contributed by atoms with Gasteiger partial charge in [-0.3, -0.25) is 4.79 Å². The maximum atomic E-state index is 12.1. The highest BCUT2D eigenvalue weighted by Crippen LogP contribution is 2.19. The summed E-state index contributed by atoms with van der Waals surface area (Å²) in [5.41, 5.74) is 0. The van der Waals surface area contributed by atoms with Crippen molar-refractivity contribution in [2.75, 3.05) is 32.1 Å². The third-order valence-electron chi connectivity index (χ3n) is 3.29. The first-order chi connectivity index (χ1) is 9.79. The number of piperidine rings is 1. The van der Waals surface area contributed by atoms with Crippen LogP contribution in [0.3, 0.4) is 0 Å². The molecular weight excluding hydrogens is 294 g/mol. The minimum Gasteiger partial charge on any atom is -0.394 e. The Labute approximate surface area is 128 Å². The summed E-state index contributed by atoms with van der Waals surface area (Å²) in [5.74, 6) is 1.70. The molecule has 0 bridgehead atoms. The Morgan fingerprint density at radius 1 is 1.50 bits per heavy atom. The number of carbonyl (C=O) groups excluding carboxylic acids is 1. The summed E-state index contributed by atoms with van der Waals surface area (Å²) < 4.78 is 5.50. The van der Waals surface area contributed by atoms with Crippen LogP contribution in [0.4, 0.5) is 0 Å². The van der Waals surface area contributed by atoms with Crippen LogP contribution in [0.5, 0.6) is 0 Å². The monoisotopic (exact) mass is 315 g/mol. The average molecular weight is 315 g/mol. The molecule has 0 saturated carbocycles. The summed E-state index contributed by atoms with van der Waals surface area (Å²) in [4.78, 5) is 15.3. The van der Waals surface area contributed by atoms with Crippen molar-refractivity contribution in [1.82, 2.24) is 4.90 Å². The Balaban J connectivity index is 1.61. The van der Waals surface area contributed by atoms with Gasteiger partial charge in [0.05, 0.1) is 25.1 Å². The zero-order valence-corrected chi connectivity index (χ0v) is 13.1. The fourth-order valence-electron chi connectivity index (χ4n) is 2.22. The molecule has 1 N–H and O–H groups in total. The number of hydrogen-bond donors (Lipinski definition) is 1. The van der Waals surface area contributed by atoms with Crippen molar-refractivity contribution < 1.29 is 14.6 Å². The van der Waals surface area contributed by atoms with E-state index in [1.807, 2.05) is 11.0 Å². The summed E-state index contributed by atoms with van der Waals surface area (Å²) in [6, 6.07) is 4.14. The number of carbonyl (C=O) groups is 1. The Kier molecular flexibility index (Phi) is 6.86. The second-order valence-electron chi connectivity index (χ2n) is 4.75. The minimum absolute atomic E-state index is 0.0680. The number of ether oxygens (including phenoxy) is 1. The zero-order valence-electron chi connectivity index (χ0n) is 11.5. The standard InChI is InChI=1S/C14H21NO3S2/c16-7-8-18-12-3-5-15(6-4-12)14(17)11-19-10-13-2-1-9-20-13/h1-2,9,12,16H,3-8,10-11H2. The van der Waals surface area contributed by atoms with Gasteiger partial charge in [-0.2, -0.15) is 0 Å². The maximum Gasteiger partial charge on any atom is 0.232 e. The summed E-state index contributed by atoms with van der Waals surface area (Å²) in [6.07, 6.45) is 1.95. The number of amides is 1. The van der Waals surface area contributed by atoms with Gasteiger partial charge < -0.3 is 14.7 Å². The quantitative estimate of drug-likeness (QED) is 0.836. The number of thioether (sulfide) groups is 1. The van der Waals surface area contributed by atoms with Crippen molar-refractivity contribution >= 4 is 29.0 Å². The van der Waals surface area contributed by atoms with Crippen molar-refractivity contribution in [2.45, 2.75) is 24.7 Å². The first kappa shape index (κ1) is 15.8. The van der Waals surface area contributed by atoms with E-state index in [0.29, 0.717) is 12.4 Å². The molecule has 1 aromatic heterocycles. The van der Waals surface area contributed by atoms with Gasteiger partial charge in [-0.15, -0.1) is 23.1 Å². The molecule has 1 aliphatic heterocycles. The highest BCUT2D eigenvalue weighted by Gasteiger charge is 2.22. The molecule has 0 atom stereocenters. The van der Waals surface area contributed by atoms with Crippen molar-refractivity contribution in [3.8, 4) is 0 Å². The number of rotatable bonds is 7. The number of aliphatic hydroxyl groups excluding tert-OH is 1. The summed E-state index contributed by atoms with van der Waals surface area (Å²) in [7, 11) is 0. The predicted octanol–water partition coefficient (Wildman–Crippen LogP) is 1.98. The lowest BCUT2D eigenvalue weighted by Crippen LogP contribution is -2.41. The molecule has 1 fully saturated rings. The number of aliphatic hydroxyl groups is 1. The van der Waals surface area contributed by atoms with Crippen LogP contribution >= 0.6 is 23.1 Å². The molecule has 0 spiro atoms. The van der Waals surface area contributed by atoms with Gasteiger partial charge in [-0.25, -0.2) is 0 Å². The molecule has 0 unspecified atom stereocenters. The van der Waals surface area contributed by atoms with E-state index in [4.69, 9.17) is 9.84 Å². The molecule has 4 nitrogen and oxygen atoms in total. The van der Waals surface area contributed by atoms with Gasteiger partial charge in [0.2, 0.25) is 5.91 Å². The molecule has 20 heavy (non-hydrogen) atoms. The number of hydrogen-bond acceptors (Lipinski definition) is 5. The van der Waals surface area contributed by atoms with Crippen molar-refractivity contribution in [3.63, 3.8) is 0 Å². The largest absolute Gasteiger partial charge is 0.394 e. The van der Waals surface area contributed by atoms with Gasteiger partial charge in [0.25, 0.3) is 0 Å². The molecule has 0 aromatic carbocycles. The number of likely N-dealkylation sites (tertiary alicyclic amines) is 1. The maximum absolute atomic E-state index is 12.1. The van der Waals surface area contributed by atoms with E-state index >= 15 is 0 Å². The normalized spacial score (nSPS) is 16.6. The van der Waals surface area contributed by atoms with E-state index in [9.17, 15) is 4.79 Å². The summed E-state index contributed by atoms with van der Waals surface area (Å²) in [5, 5.41) is 10.8. The van der Waals surface area contributed by atoms with Crippen LogP contribution in [0, 0.1) is 0 Å². The number of thiophene rings is 1. The SMILES string of the molecule is O=C(CSCc1cccs1)N1CCC(OCCO)CC1. The molecule has 1 aromatic rings. The van der Waals surface area contributed by atoms with Crippen LogP contribution < -0.4 is 0 Å². The fraction of sp³-hybridized carbons (Fsp3) is 0.643. The van der Waals surface area contributed by atoms with E-state index in [2.05, 4.69) is 11.4 Å². The van der Waals surface area contributed by atoms with Crippen molar-refractivity contribution in [1.29, 1.82) is 0 Å². The van der Waals surface area contributed by atoms with Gasteiger partial charge in [0.15, 0.2) is 0 Å². The molecule has 2 heterocycles. The molecule has 1 saturated heterocycles. The fourth-order valence-corrected chi connectivity index (χ4v) is 3.98. The smallest absolute Gasteiger partial charge is 0.232 e. The third kappa shape index (κ3) is 5.09. The Morgan fingerprint density at radius 2 is 2.30 bits per heavy atom. The van der Waals surface area contributed by atoms with Gasteiger partial charge in [0, 0.05) is 23.7 Å². The van der Waals surface area contributed by atoms with Crippen LogP contribution in [-0.4, -0.2) is 54.1 Å². The lowest BCUT2D eigenvalue weighted by molar-refractivity contribution is -0.131. The van der Waals surface area contributed by atoms with E-state index in [-0.39, 0.29) is 18.6 Å². The van der Waals surface area contributed by atoms with Crippen LogP contribution in [0.1, 0.15) is 17.7 Å². The molecule has 6 heteroatoms. The number of nitrogens with zero attached hydrogens (tertiary/aromatic N) is 1. The average Bonchev–Trinajstić information content (AvgIpc) is 2.99. The van der Waals surface area contributed by atoms with Crippen LogP contribution in [-0.2, 0) is 15.3 Å². The highest BCUT2D eigenvalue weighted by atomic mass is 32.2. The Bertz CT molecular complexity index is 389. The van der Waals surface area contributed by atoms with Crippen LogP contribution in [0.25, 0.3) is 0 Å². The molecule has 0 aliphatic carbocycles.